The highest BCUT2D eigenvalue weighted by atomic mass is 19.4. The first-order chi connectivity index (χ1) is 15.4. The Morgan fingerprint density at radius 1 is 1.09 bits per heavy atom. The number of aromatic nitrogens is 2. The molecule has 0 radical (unpaired) electrons. The van der Waals surface area contributed by atoms with Gasteiger partial charge in [0.2, 0.25) is 0 Å². The van der Waals surface area contributed by atoms with Crippen LogP contribution in [0.2, 0.25) is 0 Å². The number of ketones is 1. The number of hydrogen-bond acceptors (Lipinski definition) is 5. The summed E-state index contributed by atoms with van der Waals surface area (Å²) in [5, 5.41) is 1.83. The molecule has 0 fully saturated rings. The van der Waals surface area contributed by atoms with Crippen LogP contribution in [0.15, 0.2) is 36.7 Å². The van der Waals surface area contributed by atoms with Gasteiger partial charge < -0.3 is 14.8 Å². The van der Waals surface area contributed by atoms with Gasteiger partial charge in [0.15, 0.2) is 0 Å². The third-order valence-electron chi connectivity index (χ3n) is 5.59. The van der Waals surface area contributed by atoms with Crippen molar-refractivity contribution in [3.63, 3.8) is 0 Å². The van der Waals surface area contributed by atoms with Gasteiger partial charge in [0, 0.05) is 17.2 Å². The number of carbonyl (C=O) groups is 2. The molecule has 0 aliphatic heterocycles. The summed E-state index contributed by atoms with van der Waals surface area (Å²) in [6, 6.07) is 6.70. The van der Waals surface area contributed by atoms with Crippen LogP contribution < -0.4 is 14.8 Å². The number of benzene rings is 1. The summed E-state index contributed by atoms with van der Waals surface area (Å²) in [6.07, 6.45) is -1.17. The Morgan fingerprint density at radius 2 is 1.70 bits per heavy atom. The van der Waals surface area contributed by atoms with Gasteiger partial charge in [0.1, 0.15) is 35.0 Å². The van der Waals surface area contributed by atoms with Crippen molar-refractivity contribution in [1.29, 1.82) is 0 Å². The van der Waals surface area contributed by atoms with E-state index in [1.807, 2.05) is 31.3 Å². The number of alkyl halides is 3. The number of hydrogen-bond donors (Lipinski definition) is 1. The Kier molecular flexibility index (Phi) is 6.40. The number of methoxy groups -OCH3 is 2. The van der Waals surface area contributed by atoms with E-state index in [1.165, 1.54) is 33.3 Å². The molecule has 1 amide bonds. The maximum atomic E-state index is 12.5. The summed E-state index contributed by atoms with van der Waals surface area (Å²) in [5.74, 6) is -0.851. The number of rotatable bonds is 7. The van der Waals surface area contributed by atoms with Crippen molar-refractivity contribution in [1.82, 2.24) is 14.7 Å². The first kappa shape index (κ1) is 24.1. The second-order valence-electron chi connectivity index (χ2n) is 8.02. The predicted octanol–water partition coefficient (Wildman–Crippen LogP) is 4.18. The Hall–Kier alpha value is -3.56. The van der Waals surface area contributed by atoms with E-state index in [0.29, 0.717) is 16.9 Å². The highest BCUT2D eigenvalue weighted by Crippen LogP contribution is 2.36. The monoisotopic (exact) mass is 463 g/mol. The molecule has 2 heterocycles. The molecule has 176 valence electrons. The van der Waals surface area contributed by atoms with Gasteiger partial charge in [0.05, 0.1) is 26.1 Å². The number of amides is 1. The molecule has 3 rings (SSSR count). The normalized spacial score (nSPS) is 12.0. The SMILES string of the molecule is COc1cc(-c2cnc3cc(C(C)(C)C(C)=O)ccn23)cc(OC)c1C(=O)NCC(F)(F)F. The molecular formula is C23H24F3N3O4. The van der Waals surface area contributed by atoms with Crippen LogP contribution in [-0.4, -0.2) is 48.0 Å². The summed E-state index contributed by atoms with van der Waals surface area (Å²) >= 11 is 0. The van der Waals surface area contributed by atoms with Crippen molar-refractivity contribution in [2.45, 2.75) is 32.4 Å². The lowest BCUT2D eigenvalue weighted by Crippen LogP contribution is -2.34. The number of pyridine rings is 1. The van der Waals surface area contributed by atoms with Gasteiger partial charge in [-0.2, -0.15) is 13.2 Å². The maximum absolute atomic E-state index is 12.5. The Morgan fingerprint density at radius 3 is 2.21 bits per heavy atom. The van der Waals surface area contributed by atoms with Crippen molar-refractivity contribution < 1.29 is 32.2 Å². The third-order valence-corrected chi connectivity index (χ3v) is 5.59. The lowest BCUT2D eigenvalue weighted by Gasteiger charge is -2.21. The second kappa shape index (κ2) is 8.76. The molecule has 0 spiro atoms. The van der Waals surface area contributed by atoms with Gasteiger partial charge in [0.25, 0.3) is 5.91 Å². The number of nitrogens with zero attached hydrogens (tertiary/aromatic N) is 2. The quantitative estimate of drug-likeness (QED) is 0.569. The average Bonchev–Trinajstić information content (AvgIpc) is 3.19. The molecule has 0 aliphatic carbocycles. The van der Waals surface area contributed by atoms with Crippen LogP contribution in [-0.2, 0) is 10.2 Å². The van der Waals surface area contributed by atoms with Crippen LogP contribution in [0.1, 0.15) is 36.7 Å². The average molecular weight is 463 g/mol. The molecule has 0 aliphatic rings. The standard InChI is InChI=1S/C23H24F3N3O4/c1-13(30)22(2,3)15-6-7-29-16(11-27-19(29)10-15)14-8-17(32-4)20(18(9-14)33-5)21(31)28-12-23(24,25)26/h6-11H,12H2,1-5H3,(H,28,31). The zero-order chi connectivity index (χ0) is 24.6. The maximum Gasteiger partial charge on any atom is 0.405 e. The summed E-state index contributed by atoms with van der Waals surface area (Å²) in [5.41, 5.74) is 1.80. The highest BCUT2D eigenvalue weighted by molar-refractivity contribution is 6.00. The second-order valence-corrected chi connectivity index (χ2v) is 8.02. The first-order valence-electron chi connectivity index (χ1n) is 9.99. The lowest BCUT2D eigenvalue weighted by molar-refractivity contribution is -0.123. The number of imidazole rings is 1. The zero-order valence-electron chi connectivity index (χ0n) is 18.8. The first-order valence-corrected chi connectivity index (χ1v) is 9.99. The molecule has 0 bridgehead atoms. The number of nitrogens with one attached hydrogen (secondary N) is 1. The van der Waals surface area contributed by atoms with Crippen LogP contribution in [0.3, 0.4) is 0 Å². The van der Waals surface area contributed by atoms with E-state index >= 15 is 0 Å². The molecule has 2 aromatic heterocycles. The van der Waals surface area contributed by atoms with Crippen LogP contribution in [0.5, 0.6) is 11.5 Å². The van der Waals surface area contributed by atoms with Crippen molar-refractivity contribution in [3.8, 4) is 22.8 Å². The highest BCUT2D eigenvalue weighted by Gasteiger charge is 2.30. The number of Topliss-reactive ketones (excluding diaryl/α,β-unsaturated/α-hetero) is 1. The molecule has 7 nitrogen and oxygen atoms in total. The zero-order valence-corrected chi connectivity index (χ0v) is 18.8. The number of ether oxygens (including phenoxy) is 2. The minimum Gasteiger partial charge on any atom is -0.496 e. The van der Waals surface area contributed by atoms with Gasteiger partial charge in [-0.3, -0.25) is 14.0 Å². The minimum absolute atomic E-state index is 0.0208. The molecule has 0 atom stereocenters. The van der Waals surface area contributed by atoms with E-state index in [0.717, 1.165) is 5.56 Å². The fraction of sp³-hybridized carbons (Fsp3) is 0.348. The largest absolute Gasteiger partial charge is 0.496 e. The van der Waals surface area contributed by atoms with E-state index < -0.39 is 24.0 Å². The van der Waals surface area contributed by atoms with E-state index in [-0.39, 0.29) is 22.8 Å². The van der Waals surface area contributed by atoms with E-state index in [2.05, 4.69) is 4.98 Å². The molecule has 10 heteroatoms. The van der Waals surface area contributed by atoms with Crippen molar-refractivity contribution in [2.24, 2.45) is 0 Å². The van der Waals surface area contributed by atoms with E-state index in [1.54, 1.807) is 16.8 Å². The Labute approximate surface area is 188 Å². The van der Waals surface area contributed by atoms with Gasteiger partial charge in [-0.25, -0.2) is 4.98 Å². The summed E-state index contributed by atoms with van der Waals surface area (Å²) in [4.78, 5) is 28.9. The Balaban J connectivity index is 2.06. The number of carbonyl (C=O) groups excluding carboxylic acids is 2. The Bertz CT molecular complexity index is 1190. The van der Waals surface area contributed by atoms with Crippen LogP contribution >= 0.6 is 0 Å². The summed E-state index contributed by atoms with van der Waals surface area (Å²) in [6.45, 7) is 3.73. The van der Waals surface area contributed by atoms with Gasteiger partial charge in [-0.05, 0) is 50.6 Å². The van der Waals surface area contributed by atoms with E-state index in [4.69, 9.17) is 9.47 Å². The molecule has 0 saturated heterocycles. The van der Waals surface area contributed by atoms with Gasteiger partial charge in [-0.1, -0.05) is 0 Å². The molecule has 3 aromatic rings. The molecule has 1 aromatic carbocycles. The molecule has 0 saturated carbocycles. The summed E-state index contributed by atoms with van der Waals surface area (Å²) in [7, 11) is 2.62. The molecule has 0 unspecified atom stereocenters. The smallest absolute Gasteiger partial charge is 0.405 e. The van der Waals surface area contributed by atoms with Crippen molar-refractivity contribution in [3.05, 3.63) is 47.8 Å². The summed E-state index contributed by atoms with van der Waals surface area (Å²) < 4.78 is 50.0. The molecule has 1 N–H and O–H groups in total. The van der Waals surface area contributed by atoms with Gasteiger partial charge >= 0.3 is 6.18 Å². The van der Waals surface area contributed by atoms with Crippen molar-refractivity contribution in [2.75, 3.05) is 20.8 Å². The van der Waals surface area contributed by atoms with Crippen LogP contribution in [0.4, 0.5) is 13.2 Å². The van der Waals surface area contributed by atoms with Gasteiger partial charge in [-0.15, -0.1) is 0 Å². The molecular weight excluding hydrogens is 439 g/mol. The van der Waals surface area contributed by atoms with Crippen molar-refractivity contribution >= 4 is 17.3 Å². The fourth-order valence-electron chi connectivity index (χ4n) is 3.34. The topological polar surface area (TPSA) is 81.9 Å². The number of fused-ring (bicyclic) bond motifs is 1. The minimum atomic E-state index is -4.55. The predicted molar refractivity (Wildman–Crippen MR) is 116 cm³/mol. The molecule has 33 heavy (non-hydrogen) atoms. The van der Waals surface area contributed by atoms with E-state index in [9.17, 15) is 22.8 Å². The fourth-order valence-corrected chi connectivity index (χ4v) is 3.34. The third kappa shape index (κ3) is 4.79. The van der Waals surface area contributed by atoms with Crippen LogP contribution in [0, 0.1) is 0 Å². The lowest BCUT2D eigenvalue weighted by atomic mass is 9.82. The van der Waals surface area contributed by atoms with Crippen LogP contribution in [0.25, 0.3) is 16.9 Å². The number of halogens is 3.